The van der Waals surface area contributed by atoms with Crippen molar-refractivity contribution in [3.05, 3.63) is 24.3 Å². The molecule has 1 fully saturated rings. The second-order valence-corrected chi connectivity index (χ2v) is 11.0. The molecule has 4 rings (SSSR count). The number of sulfone groups is 1. The van der Waals surface area contributed by atoms with E-state index in [4.69, 9.17) is 10.2 Å². The van der Waals surface area contributed by atoms with Crippen molar-refractivity contribution >= 4 is 31.9 Å². The zero-order valence-electron chi connectivity index (χ0n) is 18.2. The average molecular weight is 443 g/mol. The van der Waals surface area contributed by atoms with Crippen LogP contribution < -0.4 is 0 Å². The van der Waals surface area contributed by atoms with Crippen molar-refractivity contribution < 1.29 is 8.42 Å². The Hall–Kier alpha value is -2.44. The molecule has 3 aromatic heterocycles. The van der Waals surface area contributed by atoms with Gasteiger partial charge < -0.3 is 14.5 Å². The topological polar surface area (TPSA) is 108 Å². The molecular weight excluding hydrogens is 412 g/mol. The maximum absolute atomic E-state index is 12.7. The first kappa shape index (κ1) is 21.8. The molecule has 0 aliphatic carbocycles. The number of aryl methyl sites for hydroxylation is 1. The SMILES string of the molecule is CCC(C)S(=O)(=O)CCc1nc2cnc3[nH]ccc3c2n1C1CCN(CCC#N)CC1. The Morgan fingerprint density at radius 2 is 2.13 bits per heavy atom. The molecule has 31 heavy (non-hydrogen) atoms. The van der Waals surface area contributed by atoms with Crippen LogP contribution in [0.3, 0.4) is 0 Å². The van der Waals surface area contributed by atoms with Gasteiger partial charge in [-0.05, 0) is 32.3 Å². The van der Waals surface area contributed by atoms with Crippen LogP contribution in [-0.4, -0.2) is 63.5 Å². The molecule has 1 unspecified atom stereocenters. The third-order valence-corrected chi connectivity index (χ3v) is 8.90. The fourth-order valence-corrected chi connectivity index (χ4v) is 5.89. The van der Waals surface area contributed by atoms with E-state index in [0.717, 1.165) is 60.4 Å². The molecule has 166 valence electrons. The number of aromatic amines is 1. The number of nitrogens with one attached hydrogen (secondary N) is 1. The minimum Gasteiger partial charge on any atom is -0.346 e. The Balaban J connectivity index is 1.69. The number of nitrogens with zero attached hydrogens (tertiary/aromatic N) is 5. The van der Waals surface area contributed by atoms with Crippen molar-refractivity contribution in [2.75, 3.05) is 25.4 Å². The molecular formula is C22H30N6O2S. The third-order valence-electron chi connectivity index (χ3n) is 6.57. The number of piperidine rings is 1. The lowest BCUT2D eigenvalue weighted by Crippen LogP contribution is -2.35. The minimum absolute atomic E-state index is 0.107. The first-order valence-electron chi connectivity index (χ1n) is 11.1. The molecule has 1 aliphatic heterocycles. The van der Waals surface area contributed by atoms with Gasteiger partial charge in [-0.15, -0.1) is 0 Å². The van der Waals surface area contributed by atoms with E-state index in [1.807, 2.05) is 19.2 Å². The lowest BCUT2D eigenvalue weighted by molar-refractivity contribution is 0.190. The van der Waals surface area contributed by atoms with E-state index < -0.39 is 9.84 Å². The van der Waals surface area contributed by atoms with Crippen molar-refractivity contribution in [1.29, 1.82) is 5.26 Å². The number of H-pyrrole nitrogens is 1. The van der Waals surface area contributed by atoms with Crippen molar-refractivity contribution in [3.8, 4) is 6.07 Å². The number of aromatic nitrogens is 4. The minimum atomic E-state index is -3.16. The molecule has 0 aromatic carbocycles. The number of hydrogen-bond donors (Lipinski definition) is 1. The van der Waals surface area contributed by atoms with Gasteiger partial charge in [0.25, 0.3) is 0 Å². The molecule has 0 amide bonds. The summed E-state index contributed by atoms with van der Waals surface area (Å²) in [6.07, 6.45) is 7.14. The van der Waals surface area contributed by atoms with E-state index in [0.29, 0.717) is 19.3 Å². The molecule has 0 bridgehead atoms. The summed E-state index contributed by atoms with van der Waals surface area (Å²) in [5.41, 5.74) is 2.67. The van der Waals surface area contributed by atoms with Crippen LogP contribution in [0.4, 0.5) is 0 Å². The number of pyridine rings is 1. The molecule has 0 saturated carbocycles. The first-order chi connectivity index (χ1) is 14.9. The van der Waals surface area contributed by atoms with Gasteiger partial charge in [-0.2, -0.15) is 5.26 Å². The van der Waals surface area contributed by atoms with Crippen LogP contribution in [0.2, 0.25) is 0 Å². The summed E-state index contributed by atoms with van der Waals surface area (Å²) in [5, 5.41) is 9.55. The van der Waals surface area contributed by atoms with Gasteiger partial charge in [-0.25, -0.2) is 18.4 Å². The highest BCUT2D eigenvalue weighted by molar-refractivity contribution is 7.92. The summed E-state index contributed by atoms with van der Waals surface area (Å²) in [6, 6.07) is 4.50. The van der Waals surface area contributed by atoms with Crippen LogP contribution in [0.5, 0.6) is 0 Å². The van der Waals surface area contributed by atoms with Crippen LogP contribution in [0, 0.1) is 11.3 Å². The molecule has 0 radical (unpaired) electrons. The van der Waals surface area contributed by atoms with Gasteiger partial charge in [-0.1, -0.05) is 6.92 Å². The Morgan fingerprint density at radius 1 is 1.35 bits per heavy atom. The molecule has 1 saturated heterocycles. The van der Waals surface area contributed by atoms with Crippen molar-refractivity contribution in [3.63, 3.8) is 0 Å². The molecule has 9 heteroatoms. The fourth-order valence-electron chi connectivity index (χ4n) is 4.51. The van der Waals surface area contributed by atoms with Crippen LogP contribution in [0.15, 0.2) is 18.5 Å². The molecule has 3 aromatic rings. The summed E-state index contributed by atoms with van der Waals surface area (Å²) in [6.45, 7) is 6.35. The summed E-state index contributed by atoms with van der Waals surface area (Å²) in [7, 11) is -3.16. The van der Waals surface area contributed by atoms with Crippen molar-refractivity contribution in [2.45, 2.75) is 57.2 Å². The molecule has 8 nitrogen and oxygen atoms in total. The molecule has 0 spiro atoms. The summed E-state index contributed by atoms with van der Waals surface area (Å²) in [4.78, 5) is 14.8. The van der Waals surface area contributed by atoms with E-state index in [1.54, 1.807) is 13.1 Å². The van der Waals surface area contributed by atoms with E-state index in [9.17, 15) is 8.42 Å². The third kappa shape index (κ3) is 4.32. The molecule has 1 N–H and O–H groups in total. The summed E-state index contributed by atoms with van der Waals surface area (Å²) < 4.78 is 27.6. The summed E-state index contributed by atoms with van der Waals surface area (Å²) in [5.74, 6) is 0.934. The van der Waals surface area contributed by atoms with Crippen molar-refractivity contribution in [1.82, 2.24) is 24.4 Å². The normalized spacial score (nSPS) is 17.3. The van der Waals surface area contributed by atoms with Gasteiger partial charge in [0.15, 0.2) is 9.84 Å². The number of hydrogen-bond acceptors (Lipinski definition) is 6. The maximum atomic E-state index is 12.7. The predicted molar refractivity (Wildman–Crippen MR) is 122 cm³/mol. The highest BCUT2D eigenvalue weighted by atomic mass is 32.2. The van der Waals surface area contributed by atoms with E-state index >= 15 is 0 Å². The van der Waals surface area contributed by atoms with Crippen LogP contribution in [0.1, 0.15) is 51.4 Å². The van der Waals surface area contributed by atoms with Gasteiger partial charge in [0.05, 0.1) is 28.8 Å². The van der Waals surface area contributed by atoms with Crippen molar-refractivity contribution in [2.24, 2.45) is 0 Å². The Labute approximate surface area is 183 Å². The van der Waals surface area contributed by atoms with E-state index in [2.05, 4.69) is 25.5 Å². The number of fused-ring (bicyclic) bond motifs is 3. The molecule has 4 heterocycles. The largest absolute Gasteiger partial charge is 0.346 e. The number of likely N-dealkylation sites (tertiary alicyclic amines) is 1. The van der Waals surface area contributed by atoms with Gasteiger partial charge >= 0.3 is 0 Å². The first-order valence-corrected chi connectivity index (χ1v) is 12.8. The Morgan fingerprint density at radius 3 is 2.84 bits per heavy atom. The zero-order chi connectivity index (χ0) is 22.0. The lowest BCUT2D eigenvalue weighted by Gasteiger charge is -2.33. The highest BCUT2D eigenvalue weighted by Gasteiger charge is 2.27. The van der Waals surface area contributed by atoms with Gasteiger partial charge in [0.1, 0.15) is 17.0 Å². The lowest BCUT2D eigenvalue weighted by atomic mass is 10.0. The number of rotatable bonds is 8. The van der Waals surface area contributed by atoms with Crippen LogP contribution in [-0.2, 0) is 16.3 Å². The summed E-state index contributed by atoms with van der Waals surface area (Å²) >= 11 is 0. The standard InChI is InChI=1S/C22H30N6O2S/c1-3-16(2)31(29,30)14-8-20-26-19-15-25-22-18(5-10-24-22)21(19)28(20)17-6-12-27(13-7-17)11-4-9-23/h5,10,15-17H,3-4,6-8,11-14H2,1-2H3,(H,24,25). The number of imidazole rings is 1. The van der Waals surface area contributed by atoms with Gasteiger partial charge in [0, 0.05) is 50.1 Å². The zero-order valence-corrected chi connectivity index (χ0v) is 19.0. The monoisotopic (exact) mass is 442 g/mol. The maximum Gasteiger partial charge on any atom is 0.153 e. The quantitative estimate of drug-likeness (QED) is 0.574. The van der Waals surface area contributed by atoms with E-state index in [-0.39, 0.29) is 17.0 Å². The Kier molecular flexibility index (Phi) is 6.30. The average Bonchev–Trinajstić information content (AvgIpc) is 3.40. The van der Waals surface area contributed by atoms with Crippen LogP contribution >= 0.6 is 0 Å². The fraction of sp³-hybridized carbons (Fsp3) is 0.591. The smallest absolute Gasteiger partial charge is 0.153 e. The predicted octanol–water partition coefficient (Wildman–Crippen LogP) is 3.22. The van der Waals surface area contributed by atoms with Gasteiger partial charge in [-0.3, -0.25) is 0 Å². The Bertz CT molecular complexity index is 1200. The van der Waals surface area contributed by atoms with Crippen LogP contribution in [0.25, 0.3) is 22.1 Å². The van der Waals surface area contributed by atoms with E-state index in [1.165, 1.54) is 0 Å². The number of nitriles is 1. The molecule has 1 aliphatic rings. The second-order valence-electron chi connectivity index (χ2n) is 8.45. The highest BCUT2D eigenvalue weighted by Crippen LogP contribution is 2.32. The second kappa shape index (κ2) is 8.97. The molecule has 1 atom stereocenters. The van der Waals surface area contributed by atoms with Gasteiger partial charge in [0.2, 0.25) is 0 Å².